The molecule has 19 heavy (non-hydrogen) atoms. The molecule has 0 unspecified atom stereocenters. The molecule has 1 rings (SSSR count). The summed E-state index contributed by atoms with van der Waals surface area (Å²) in [7, 11) is 3.64. The van der Waals surface area contributed by atoms with Crippen molar-refractivity contribution in [3.8, 4) is 0 Å². The second kappa shape index (κ2) is 8.41. The van der Waals surface area contributed by atoms with Gasteiger partial charge >= 0.3 is 0 Å². The molecule has 0 fully saturated rings. The number of hydrogen-bond donors (Lipinski definition) is 3. The molecule has 106 valence electrons. The maximum atomic E-state index is 11.9. The first-order valence-corrected chi connectivity index (χ1v) is 6.05. The molecule has 1 amide bonds. The van der Waals surface area contributed by atoms with Crippen molar-refractivity contribution in [1.29, 1.82) is 0 Å². The van der Waals surface area contributed by atoms with E-state index in [0.29, 0.717) is 24.4 Å². The molecule has 4 N–H and O–H groups in total. The van der Waals surface area contributed by atoms with Crippen LogP contribution in [-0.2, 0) is 4.74 Å². The maximum Gasteiger partial charge on any atom is 0.255 e. The van der Waals surface area contributed by atoms with Gasteiger partial charge in [-0.3, -0.25) is 15.6 Å². The molecule has 0 saturated heterocycles. The van der Waals surface area contributed by atoms with Gasteiger partial charge < -0.3 is 20.4 Å². The molecule has 0 aliphatic heterocycles. The number of hydrazine groups is 1. The van der Waals surface area contributed by atoms with Crippen molar-refractivity contribution in [2.45, 2.75) is 0 Å². The molecule has 7 heteroatoms. The van der Waals surface area contributed by atoms with E-state index in [-0.39, 0.29) is 5.91 Å². The van der Waals surface area contributed by atoms with E-state index in [2.05, 4.69) is 20.6 Å². The molecule has 0 bridgehead atoms. The fraction of sp³-hybridized carbons (Fsp3) is 0.500. The van der Waals surface area contributed by atoms with Crippen LogP contribution in [0.3, 0.4) is 0 Å². The number of carbonyl (C=O) groups is 1. The standard InChI is InChI=1S/C12H21N5O2/c1-17(7-8-19-2)6-5-15-12(18)10-9-14-4-3-11(10)16-13/h3-4,9H,5-8,13H2,1-2H3,(H,14,16)(H,15,18). The van der Waals surface area contributed by atoms with Crippen molar-refractivity contribution in [1.82, 2.24) is 15.2 Å². The third-order valence-corrected chi connectivity index (χ3v) is 2.68. The largest absolute Gasteiger partial charge is 0.383 e. The Morgan fingerprint density at radius 3 is 3.00 bits per heavy atom. The third kappa shape index (κ3) is 5.21. The number of nitrogens with zero attached hydrogens (tertiary/aromatic N) is 2. The Morgan fingerprint density at radius 1 is 1.53 bits per heavy atom. The minimum atomic E-state index is -0.193. The van der Waals surface area contributed by atoms with Crippen LogP contribution >= 0.6 is 0 Å². The number of anilines is 1. The smallest absolute Gasteiger partial charge is 0.255 e. The van der Waals surface area contributed by atoms with Crippen LogP contribution in [0.25, 0.3) is 0 Å². The lowest BCUT2D eigenvalue weighted by Crippen LogP contribution is -2.34. The summed E-state index contributed by atoms with van der Waals surface area (Å²) in [6.07, 6.45) is 3.06. The predicted molar refractivity (Wildman–Crippen MR) is 73.8 cm³/mol. The number of hydrogen-bond acceptors (Lipinski definition) is 6. The summed E-state index contributed by atoms with van der Waals surface area (Å²) in [5.74, 6) is 5.15. The molecule has 0 atom stereocenters. The summed E-state index contributed by atoms with van der Waals surface area (Å²) < 4.78 is 4.98. The van der Waals surface area contributed by atoms with Gasteiger partial charge in [0.1, 0.15) is 0 Å². The summed E-state index contributed by atoms with van der Waals surface area (Å²) >= 11 is 0. The van der Waals surface area contributed by atoms with Crippen molar-refractivity contribution in [2.24, 2.45) is 5.84 Å². The van der Waals surface area contributed by atoms with E-state index in [1.165, 1.54) is 6.20 Å². The molecular formula is C12H21N5O2. The van der Waals surface area contributed by atoms with E-state index >= 15 is 0 Å². The second-order valence-electron chi connectivity index (χ2n) is 4.12. The van der Waals surface area contributed by atoms with Crippen LogP contribution in [-0.4, -0.2) is 56.2 Å². The number of nitrogens with two attached hydrogens (primary N) is 1. The Morgan fingerprint density at radius 2 is 2.32 bits per heavy atom. The van der Waals surface area contributed by atoms with Gasteiger partial charge in [-0.1, -0.05) is 0 Å². The predicted octanol–water partition coefficient (Wildman–Crippen LogP) is -0.325. The monoisotopic (exact) mass is 267 g/mol. The number of amides is 1. The number of ether oxygens (including phenoxy) is 1. The SMILES string of the molecule is COCCN(C)CCNC(=O)c1cnccc1NN. The van der Waals surface area contributed by atoms with E-state index in [1.807, 2.05) is 7.05 Å². The average molecular weight is 267 g/mol. The number of methoxy groups -OCH3 is 1. The first kappa shape index (κ1) is 15.4. The fourth-order valence-corrected chi connectivity index (χ4v) is 1.52. The number of rotatable bonds is 8. The van der Waals surface area contributed by atoms with Gasteiger partial charge in [-0.15, -0.1) is 0 Å². The lowest BCUT2D eigenvalue weighted by Gasteiger charge is -2.16. The van der Waals surface area contributed by atoms with E-state index in [1.54, 1.807) is 19.4 Å². The Bertz CT molecular complexity index is 399. The minimum absolute atomic E-state index is 0.193. The van der Waals surface area contributed by atoms with Gasteiger partial charge in [0.2, 0.25) is 0 Å². The van der Waals surface area contributed by atoms with Crippen LogP contribution in [0.4, 0.5) is 5.69 Å². The van der Waals surface area contributed by atoms with Gasteiger partial charge in [-0.2, -0.15) is 0 Å². The fourth-order valence-electron chi connectivity index (χ4n) is 1.52. The molecule has 1 aromatic rings. The summed E-state index contributed by atoms with van der Waals surface area (Å²) in [6, 6.07) is 1.65. The molecule has 0 aliphatic rings. The highest BCUT2D eigenvalue weighted by atomic mass is 16.5. The van der Waals surface area contributed by atoms with Gasteiger partial charge in [-0.25, -0.2) is 0 Å². The van der Waals surface area contributed by atoms with Crippen molar-refractivity contribution in [3.05, 3.63) is 24.0 Å². The molecule has 0 aliphatic carbocycles. The van der Waals surface area contributed by atoms with Crippen LogP contribution in [0.2, 0.25) is 0 Å². The summed E-state index contributed by atoms with van der Waals surface area (Å²) in [4.78, 5) is 17.9. The molecular weight excluding hydrogens is 246 g/mol. The maximum absolute atomic E-state index is 11.9. The number of aromatic nitrogens is 1. The normalized spacial score (nSPS) is 10.5. The number of pyridine rings is 1. The molecule has 0 saturated carbocycles. The van der Waals surface area contributed by atoms with Crippen LogP contribution in [0, 0.1) is 0 Å². The van der Waals surface area contributed by atoms with E-state index < -0.39 is 0 Å². The van der Waals surface area contributed by atoms with Gasteiger partial charge in [0.25, 0.3) is 5.91 Å². The second-order valence-corrected chi connectivity index (χ2v) is 4.12. The Kier molecular flexibility index (Phi) is 6.80. The number of nitrogens with one attached hydrogen (secondary N) is 2. The van der Waals surface area contributed by atoms with Crippen molar-refractivity contribution in [3.63, 3.8) is 0 Å². The molecule has 0 spiro atoms. The number of carbonyl (C=O) groups excluding carboxylic acids is 1. The van der Waals surface area contributed by atoms with Crippen LogP contribution in [0.5, 0.6) is 0 Å². The Balaban J connectivity index is 2.39. The molecule has 7 nitrogen and oxygen atoms in total. The number of likely N-dealkylation sites (N-methyl/N-ethyl adjacent to an activating group) is 1. The van der Waals surface area contributed by atoms with Crippen LogP contribution < -0.4 is 16.6 Å². The zero-order valence-corrected chi connectivity index (χ0v) is 11.3. The minimum Gasteiger partial charge on any atom is -0.383 e. The highest BCUT2D eigenvalue weighted by Gasteiger charge is 2.10. The highest BCUT2D eigenvalue weighted by molar-refractivity contribution is 5.99. The quantitative estimate of drug-likeness (QED) is 0.441. The van der Waals surface area contributed by atoms with E-state index in [0.717, 1.165) is 13.1 Å². The van der Waals surface area contributed by atoms with Crippen LogP contribution in [0.15, 0.2) is 18.5 Å². The molecule has 0 aromatic carbocycles. The van der Waals surface area contributed by atoms with E-state index in [4.69, 9.17) is 10.6 Å². The Hall–Kier alpha value is -1.70. The summed E-state index contributed by atoms with van der Waals surface area (Å²) in [6.45, 7) is 2.81. The summed E-state index contributed by atoms with van der Waals surface area (Å²) in [5.41, 5.74) is 3.47. The van der Waals surface area contributed by atoms with Gasteiger partial charge in [0.05, 0.1) is 17.9 Å². The van der Waals surface area contributed by atoms with Gasteiger partial charge in [-0.05, 0) is 13.1 Å². The molecule has 0 radical (unpaired) electrons. The Labute approximate surface area is 113 Å². The zero-order valence-electron chi connectivity index (χ0n) is 11.3. The third-order valence-electron chi connectivity index (χ3n) is 2.68. The lowest BCUT2D eigenvalue weighted by atomic mass is 10.2. The zero-order chi connectivity index (χ0) is 14.1. The van der Waals surface area contributed by atoms with Crippen molar-refractivity contribution in [2.75, 3.05) is 45.8 Å². The van der Waals surface area contributed by atoms with Crippen LogP contribution in [0.1, 0.15) is 10.4 Å². The number of nitrogen functional groups attached to an aromatic ring is 1. The van der Waals surface area contributed by atoms with E-state index in [9.17, 15) is 4.79 Å². The topological polar surface area (TPSA) is 92.5 Å². The first-order chi connectivity index (χ1) is 9.19. The van der Waals surface area contributed by atoms with Gasteiger partial charge in [0, 0.05) is 39.1 Å². The molecule has 1 heterocycles. The molecule has 1 aromatic heterocycles. The highest BCUT2D eigenvalue weighted by Crippen LogP contribution is 2.11. The first-order valence-electron chi connectivity index (χ1n) is 6.05. The lowest BCUT2D eigenvalue weighted by molar-refractivity contribution is 0.0948. The summed E-state index contributed by atoms with van der Waals surface area (Å²) in [5, 5.41) is 2.82. The van der Waals surface area contributed by atoms with Crippen molar-refractivity contribution < 1.29 is 9.53 Å². The average Bonchev–Trinajstić information content (AvgIpc) is 2.44. The van der Waals surface area contributed by atoms with Crippen molar-refractivity contribution >= 4 is 11.6 Å². The van der Waals surface area contributed by atoms with Gasteiger partial charge in [0.15, 0.2) is 0 Å².